The average Bonchev–Trinajstić information content (AvgIpc) is 2.31. The second kappa shape index (κ2) is 7.16. The SMILES string of the molecule is CCOC(=O)C/C(C)=N/c1ccc(Br)cc1OC. The van der Waals surface area contributed by atoms with Gasteiger partial charge in [0.2, 0.25) is 0 Å². The molecule has 0 heterocycles. The van der Waals surface area contributed by atoms with E-state index >= 15 is 0 Å². The zero-order valence-electron chi connectivity index (χ0n) is 10.7. The third kappa shape index (κ3) is 4.49. The van der Waals surface area contributed by atoms with Crippen molar-refractivity contribution in [1.29, 1.82) is 0 Å². The molecule has 1 aromatic rings. The summed E-state index contributed by atoms with van der Waals surface area (Å²) in [6, 6.07) is 5.53. The van der Waals surface area contributed by atoms with E-state index in [1.54, 1.807) is 21.0 Å². The highest BCUT2D eigenvalue weighted by molar-refractivity contribution is 9.10. The Balaban J connectivity index is 2.84. The summed E-state index contributed by atoms with van der Waals surface area (Å²) in [7, 11) is 1.58. The lowest BCUT2D eigenvalue weighted by atomic mass is 10.2. The smallest absolute Gasteiger partial charge is 0.311 e. The van der Waals surface area contributed by atoms with E-state index in [0.717, 1.165) is 4.47 Å². The molecule has 0 saturated carbocycles. The fourth-order valence-corrected chi connectivity index (χ4v) is 1.75. The van der Waals surface area contributed by atoms with E-state index in [2.05, 4.69) is 20.9 Å². The van der Waals surface area contributed by atoms with Gasteiger partial charge in [0.15, 0.2) is 0 Å². The van der Waals surface area contributed by atoms with Crippen molar-refractivity contribution in [2.45, 2.75) is 20.3 Å². The van der Waals surface area contributed by atoms with Crippen molar-refractivity contribution in [3.8, 4) is 5.75 Å². The van der Waals surface area contributed by atoms with Gasteiger partial charge in [-0.2, -0.15) is 0 Å². The summed E-state index contributed by atoms with van der Waals surface area (Å²) in [5, 5.41) is 0. The minimum Gasteiger partial charge on any atom is -0.494 e. The first-order valence-electron chi connectivity index (χ1n) is 5.60. The van der Waals surface area contributed by atoms with Crippen LogP contribution in [0.1, 0.15) is 20.3 Å². The molecule has 1 aromatic carbocycles. The Morgan fingerprint density at radius 2 is 2.17 bits per heavy atom. The second-order valence-corrected chi connectivity index (χ2v) is 4.56. The summed E-state index contributed by atoms with van der Waals surface area (Å²) in [6.45, 7) is 3.95. The molecule has 0 radical (unpaired) electrons. The maximum Gasteiger partial charge on any atom is 0.311 e. The van der Waals surface area contributed by atoms with Crippen molar-refractivity contribution in [3.63, 3.8) is 0 Å². The molecule has 0 aliphatic rings. The molecule has 0 aliphatic heterocycles. The summed E-state index contributed by atoms with van der Waals surface area (Å²) >= 11 is 3.36. The molecule has 0 fully saturated rings. The van der Waals surface area contributed by atoms with Crippen LogP contribution in [-0.4, -0.2) is 25.4 Å². The van der Waals surface area contributed by atoms with Gasteiger partial charge in [0.1, 0.15) is 11.4 Å². The van der Waals surface area contributed by atoms with Crippen LogP contribution in [0.4, 0.5) is 5.69 Å². The van der Waals surface area contributed by atoms with Gasteiger partial charge in [-0.15, -0.1) is 0 Å². The van der Waals surface area contributed by atoms with Crippen LogP contribution in [0.25, 0.3) is 0 Å². The van der Waals surface area contributed by atoms with Crippen LogP contribution in [0.15, 0.2) is 27.7 Å². The Hall–Kier alpha value is -1.36. The first-order chi connectivity index (χ1) is 8.56. The van der Waals surface area contributed by atoms with Crippen LogP contribution >= 0.6 is 15.9 Å². The second-order valence-electron chi connectivity index (χ2n) is 3.65. The number of ether oxygens (including phenoxy) is 2. The maximum atomic E-state index is 11.3. The molecule has 0 saturated heterocycles. The molecule has 0 aliphatic carbocycles. The number of hydrogen-bond donors (Lipinski definition) is 0. The molecule has 1 rings (SSSR count). The largest absolute Gasteiger partial charge is 0.494 e. The highest BCUT2D eigenvalue weighted by Gasteiger charge is 2.07. The average molecular weight is 314 g/mol. The lowest BCUT2D eigenvalue weighted by Crippen LogP contribution is -2.08. The van der Waals surface area contributed by atoms with Crippen molar-refractivity contribution in [2.24, 2.45) is 4.99 Å². The van der Waals surface area contributed by atoms with E-state index in [1.165, 1.54) is 0 Å². The van der Waals surface area contributed by atoms with Gasteiger partial charge in [0, 0.05) is 10.2 Å². The van der Waals surface area contributed by atoms with E-state index < -0.39 is 0 Å². The first kappa shape index (κ1) is 14.7. The Morgan fingerprint density at radius 1 is 1.44 bits per heavy atom. The number of esters is 1. The van der Waals surface area contributed by atoms with Crippen LogP contribution in [0.2, 0.25) is 0 Å². The molecule has 0 spiro atoms. The van der Waals surface area contributed by atoms with Crippen LogP contribution < -0.4 is 4.74 Å². The minimum atomic E-state index is -0.269. The van der Waals surface area contributed by atoms with Crippen molar-refractivity contribution < 1.29 is 14.3 Å². The van der Waals surface area contributed by atoms with Gasteiger partial charge in [-0.3, -0.25) is 9.79 Å². The predicted molar refractivity (Wildman–Crippen MR) is 74.7 cm³/mol. The molecule has 0 amide bonds. The summed E-state index contributed by atoms with van der Waals surface area (Å²) in [4.78, 5) is 15.7. The van der Waals surface area contributed by atoms with Crippen molar-refractivity contribution in [2.75, 3.05) is 13.7 Å². The zero-order valence-corrected chi connectivity index (χ0v) is 12.3. The number of carbonyl (C=O) groups excluding carboxylic acids is 1. The highest BCUT2D eigenvalue weighted by atomic mass is 79.9. The Labute approximate surface area is 115 Å². The number of hydrogen-bond acceptors (Lipinski definition) is 4. The molecule has 5 heteroatoms. The van der Waals surface area contributed by atoms with E-state index in [4.69, 9.17) is 9.47 Å². The summed E-state index contributed by atoms with van der Waals surface area (Å²) < 4.78 is 11.0. The standard InChI is InChI=1S/C13H16BrNO3/c1-4-18-13(16)7-9(2)15-11-6-5-10(14)8-12(11)17-3/h5-6,8H,4,7H2,1-3H3/b15-9+. The van der Waals surface area contributed by atoms with Gasteiger partial charge in [-0.1, -0.05) is 15.9 Å². The Kier molecular flexibility index (Phi) is 5.85. The lowest BCUT2D eigenvalue weighted by Gasteiger charge is -2.06. The molecular weight excluding hydrogens is 298 g/mol. The number of nitrogens with zero attached hydrogens (tertiary/aromatic N) is 1. The van der Waals surface area contributed by atoms with Crippen molar-refractivity contribution in [1.82, 2.24) is 0 Å². The van der Waals surface area contributed by atoms with Crippen molar-refractivity contribution >= 4 is 33.3 Å². The molecule has 4 nitrogen and oxygen atoms in total. The first-order valence-corrected chi connectivity index (χ1v) is 6.39. The Bertz CT molecular complexity index is 458. The highest BCUT2D eigenvalue weighted by Crippen LogP contribution is 2.30. The van der Waals surface area contributed by atoms with Gasteiger partial charge in [0.25, 0.3) is 0 Å². The third-order valence-corrected chi connectivity index (χ3v) is 2.65. The van der Waals surface area contributed by atoms with Gasteiger partial charge >= 0.3 is 5.97 Å². The van der Waals surface area contributed by atoms with Crippen molar-refractivity contribution in [3.05, 3.63) is 22.7 Å². The van der Waals surface area contributed by atoms with Crippen LogP contribution in [0.3, 0.4) is 0 Å². The van der Waals surface area contributed by atoms with Gasteiger partial charge < -0.3 is 9.47 Å². The monoisotopic (exact) mass is 313 g/mol. The molecule has 0 aromatic heterocycles. The normalized spacial score (nSPS) is 11.2. The summed E-state index contributed by atoms with van der Waals surface area (Å²) in [5.74, 6) is 0.391. The molecule has 0 atom stereocenters. The van der Waals surface area contributed by atoms with E-state index in [9.17, 15) is 4.79 Å². The lowest BCUT2D eigenvalue weighted by molar-refractivity contribution is -0.141. The van der Waals surface area contributed by atoms with E-state index in [0.29, 0.717) is 23.8 Å². The van der Waals surface area contributed by atoms with Crippen LogP contribution in [0, 0.1) is 0 Å². The molecular formula is C13H16BrNO3. The quantitative estimate of drug-likeness (QED) is 0.617. The molecule has 98 valence electrons. The van der Waals surface area contributed by atoms with Gasteiger partial charge in [-0.05, 0) is 32.0 Å². The number of rotatable bonds is 5. The maximum absolute atomic E-state index is 11.3. The summed E-state index contributed by atoms with van der Waals surface area (Å²) in [6.07, 6.45) is 0.188. The number of halogens is 1. The Morgan fingerprint density at radius 3 is 2.78 bits per heavy atom. The fourth-order valence-electron chi connectivity index (χ4n) is 1.41. The number of aliphatic imine (C=N–C) groups is 1. The third-order valence-electron chi connectivity index (χ3n) is 2.16. The van der Waals surface area contributed by atoms with E-state index in [1.807, 2.05) is 18.2 Å². The number of benzene rings is 1. The number of carbonyl (C=O) groups is 1. The number of methoxy groups -OCH3 is 1. The predicted octanol–water partition coefficient (Wildman–Crippen LogP) is 3.50. The molecule has 0 unspecified atom stereocenters. The summed E-state index contributed by atoms with van der Waals surface area (Å²) in [5.41, 5.74) is 1.39. The van der Waals surface area contributed by atoms with Crippen LogP contribution in [-0.2, 0) is 9.53 Å². The molecule has 18 heavy (non-hydrogen) atoms. The minimum absolute atomic E-state index is 0.188. The van der Waals surface area contributed by atoms with E-state index in [-0.39, 0.29) is 12.4 Å². The van der Waals surface area contributed by atoms with Gasteiger partial charge in [0.05, 0.1) is 20.1 Å². The molecule has 0 N–H and O–H groups in total. The van der Waals surface area contributed by atoms with Crippen LogP contribution in [0.5, 0.6) is 5.75 Å². The molecule has 0 bridgehead atoms. The topological polar surface area (TPSA) is 47.9 Å². The fraction of sp³-hybridized carbons (Fsp3) is 0.385. The van der Waals surface area contributed by atoms with Gasteiger partial charge in [-0.25, -0.2) is 0 Å². The zero-order chi connectivity index (χ0) is 13.5.